The highest BCUT2D eigenvalue weighted by Crippen LogP contribution is 2.63. The summed E-state index contributed by atoms with van der Waals surface area (Å²) < 4.78 is 10.7. The van der Waals surface area contributed by atoms with Crippen LogP contribution in [0.15, 0.2) is 18.2 Å². The fourth-order valence-electron chi connectivity index (χ4n) is 6.57. The fourth-order valence-corrected chi connectivity index (χ4v) is 6.57. The van der Waals surface area contributed by atoms with Crippen LogP contribution < -0.4 is 9.47 Å². The molecule has 2 unspecified atom stereocenters. The first-order chi connectivity index (χ1) is 13.0. The molecule has 0 aliphatic heterocycles. The van der Waals surface area contributed by atoms with Gasteiger partial charge in [-0.05, 0) is 79.4 Å². The molecular weight excluding hydrogens is 352 g/mol. The molecule has 4 nitrogen and oxygen atoms in total. The van der Waals surface area contributed by atoms with Gasteiger partial charge in [0.05, 0.1) is 25.9 Å². The van der Waals surface area contributed by atoms with Gasteiger partial charge < -0.3 is 19.7 Å². The molecular formula is C24H38O4. The van der Waals surface area contributed by atoms with Crippen molar-refractivity contribution >= 4 is 0 Å². The van der Waals surface area contributed by atoms with Gasteiger partial charge in [0.15, 0.2) is 11.5 Å². The van der Waals surface area contributed by atoms with Crippen molar-refractivity contribution in [1.82, 2.24) is 0 Å². The molecule has 0 spiro atoms. The lowest BCUT2D eigenvalue weighted by atomic mass is 9.45. The standard InChI is InChI=1S/C24H38O4/c1-22(2)11-7-12-23(3)20(22)10-13-24(4,26)21(23)15-17(25)16-8-9-18(27-5)19(14-16)28-6/h8-9,14,17,20-21,25-26H,7,10-13,15H2,1-6H3/t17?,20?,21-,23+,24-/m1/s1. The molecule has 5 atom stereocenters. The molecule has 1 aromatic carbocycles. The van der Waals surface area contributed by atoms with Gasteiger partial charge in [-0.25, -0.2) is 0 Å². The van der Waals surface area contributed by atoms with Gasteiger partial charge >= 0.3 is 0 Å². The molecule has 0 heterocycles. The van der Waals surface area contributed by atoms with E-state index in [1.807, 2.05) is 25.1 Å². The summed E-state index contributed by atoms with van der Waals surface area (Å²) in [6.07, 6.45) is 5.36. The zero-order valence-electron chi connectivity index (χ0n) is 18.4. The summed E-state index contributed by atoms with van der Waals surface area (Å²) in [5, 5.41) is 22.4. The average molecular weight is 391 g/mol. The van der Waals surface area contributed by atoms with Crippen LogP contribution in [0.1, 0.15) is 77.9 Å². The minimum Gasteiger partial charge on any atom is -0.493 e. The summed E-state index contributed by atoms with van der Waals surface area (Å²) in [6.45, 7) is 9.11. The first kappa shape index (κ1) is 21.4. The van der Waals surface area contributed by atoms with E-state index in [9.17, 15) is 10.2 Å². The first-order valence-electron chi connectivity index (χ1n) is 10.7. The third kappa shape index (κ3) is 3.66. The maximum Gasteiger partial charge on any atom is 0.161 e. The first-order valence-corrected chi connectivity index (χ1v) is 10.7. The van der Waals surface area contributed by atoms with Crippen molar-refractivity contribution in [2.45, 2.75) is 77.9 Å². The molecule has 2 aliphatic carbocycles. The number of aliphatic hydroxyl groups excluding tert-OH is 1. The number of fused-ring (bicyclic) bond motifs is 1. The predicted molar refractivity (Wildman–Crippen MR) is 112 cm³/mol. The summed E-state index contributed by atoms with van der Waals surface area (Å²) in [5.41, 5.74) is 0.391. The Morgan fingerprint density at radius 1 is 1.04 bits per heavy atom. The molecule has 4 heteroatoms. The summed E-state index contributed by atoms with van der Waals surface area (Å²) in [7, 11) is 3.22. The van der Waals surface area contributed by atoms with Crippen molar-refractivity contribution in [2.75, 3.05) is 14.2 Å². The van der Waals surface area contributed by atoms with Crippen LogP contribution in [-0.2, 0) is 0 Å². The summed E-state index contributed by atoms with van der Waals surface area (Å²) in [6, 6.07) is 5.59. The molecule has 2 saturated carbocycles. The Balaban J connectivity index is 1.90. The van der Waals surface area contributed by atoms with E-state index in [0.29, 0.717) is 23.8 Å². The van der Waals surface area contributed by atoms with Crippen molar-refractivity contribution in [1.29, 1.82) is 0 Å². The Hall–Kier alpha value is -1.26. The van der Waals surface area contributed by atoms with Crippen molar-refractivity contribution in [3.63, 3.8) is 0 Å². The van der Waals surface area contributed by atoms with E-state index in [2.05, 4.69) is 20.8 Å². The highest BCUT2D eigenvalue weighted by molar-refractivity contribution is 5.43. The highest BCUT2D eigenvalue weighted by Gasteiger charge is 2.58. The molecule has 0 saturated heterocycles. The maximum atomic E-state index is 11.3. The van der Waals surface area contributed by atoms with Crippen LogP contribution >= 0.6 is 0 Å². The molecule has 2 N–H and O–H groups in total. The van der Waals surface area contributed by atoms with Gasteiger partial charge in [0.25, 0.3) is 0 Å². The Kier molecular flexibility index (Phi) is 5.77. The highest BCUT2D eigenvalue weighted by atomic mass is 16.5. The number of benzene rings is 1. The lowest BCUT2D eigenvalue weighted by Crippen LogP contribution is -2.57. The van der Waals surface area contributed by atoms with Gasteiger partial charge in [-0.2, -0.15) is 0 Å². The second-order valence-electron chi connectivity index (χ2n) is 10.2. The quantitative estimate of drug-likeness (QED) is 0.732. The van der Waals surface area contributed by atoms with Crippen molar-refractivity contribution in [3.8, 4) is 11.5 Å². The monoisotopic (exact) mass is 390 g/mol. The van der Waals surface area contributed by atoms with Crippen LogP contribution in [0.3, 0.4) is 0 Å². The van der Waals surface area contributed by atoms with Crippen LogP contribution in [0.2, 0.25) is 0 Å². The topological polar surface area (TPSA) is 58.9 Å². The third-order valence-electron chi connectivity index (χ3n) is 8.01. The van der Waals surface area contributed by atoms with Gasteiger partial charge in [0.2, 0.25) is 0 Å². The molecule has 0 aromatic heterocycles. The number of methoxy groups -OCH3 is 2. The number of hydrogen-bond donors (Lipinski definition) is 2. The molecule has 158 valence electrons. The lowest BCUT2D eigenvalue weighted by molar-refractivity contribution is -0.176. The van der Waals surface area contributed by atoms with Gasteiger partial charge in [-0.1, -0.05) is 33.3 Å². The van der Waals surface area contributed by atoms with Crippen LogP contribution in [-0.4, -0.2) is 30.0 Å². The van der Waals surface area contributed by atoms with E-state index < -0.39 is 11.7 Å². The van der Waals surface area contributed by atoms with Gasteiger partial charge in [-0.3, -0.25) is 0 Å². The maximum absolute atomic E-state index is 11.3. The SMILES string of the molecule is COc1ccc(C(O)C[C@@H]2[C@@]3(C)CCCC(C)(C)C3CC[C@@]2(C)O)cc1OC. The molecule has 28 heavy (non-hydrogen) atoms. The normalized spacial score (nSPS) is 35.7. The minimum absolute atomic E-state index is 0.0427. The number of hydrogen-bond acceptors (Lipinski definition) is 4. The third-order valence-corrected chi connectivity index (χ3v) is 8.01. The minimum atomic E-state index is -0.754. The molecule has 1 aromatic rings. The molecule has 0 bridgehead atoms. The average Bonchev–Trinajstić information content (AvgIpc) is 2.63. The molecule has 0 amide bonds. The molecule has 3 rings (SSSR count). The Bertz CT molecular complexity index is 696. The van der Waals surface area contributed by atoms with E-state index in [0.717, 1.165) is 24.8 Å². The lowest BCUT2D eigenvalue weighted by Gasteiger charge is -2.61. The number of aliphatic hydroxyl groups is 2. The summed E-state index contributed by atoms with van der Waals surface area (Å²) >= 11 is 0. The number of rotatable bonds is 5. The van der Waals surface area contributed by atoms with E-state index in [4.69, 9.17) is 9.47 Å². The van der Waals surface area contributed by atoms with E-state index in [1.54, 1.807) is 14.2 Å². The van der Waals surface area contributed by atoms with Crippen molar-refractivity contribution in [3.05, 3.63) is 23.8 Å². The second kappa shape index (κ2) is 7.53. The van der Waals surface area contributed by atoms with Crippen LogP contribution in [0.5, 0.6) is 11.5 Å². The Morgan fingerprint density at radius 3 is 2.36 bits per heavy atom. The second-order valence-corrected chi connectivity index (χ2v) is 10.2. The Labute approximate surface area is 170 Å². The van der Waals surface area contributed by atoms with Crippen LogP contribution in [0.25, 0.3) is 0 Å². The van der Waals surface area contributed by atoms with Crippen molar-refractivity contribution in [2.24, 2.45) is 22.7 Å². The molecule has 0 radical (unpaired) electrons. The van der Waals surface area contributed by atoms with Gasteiger partial charge in [-0.15, -0.1) is 0 Å². The van der Waals surface area contributed by atoms with E-state index in [-0.39, 0.29) is 16.7 Å². The van der Waals surface area contributed by atoms with Crippen molar-refractivity contribution < 1.29 is 19.7 Å². The summed E-state index contributed by atoms with van der Waals surface area (Å²) in [4.78, 5) is 0. The molecule has 2 aliphatic rings. The van der Waals surface area contributed by atoms with Crippen LogP contribution in [0.4, 0.5) is 0 Å². The van der Waals surface area contributed by atoms with E-state index in [1.165, 1.54) is 12.8 Å². The van der Waals surface area contributed by atoms with Gasteiger partial charge in [0, 0.05) is 0 Å². The number of ether oxygens (including phenoxy) is 2. The largest absolute Gasteiger partial charge is 0.493 e. The Morgan fingerprint density at radius 2 is 1.71 bits per heavy atom. The zero-order chi connectivity index (χ0) is 20.7. The van der Waals surface area contributed by atoms with E-state index >= 15 is 0 Å². The zero-order valence-corrected chi connectivity index (χ0v) is 18.4. The van der Waals surface area contributed by atoms with Crippen LogP contribution in [0, 0.1) is 22.7 Å². The smallest absolute Gasteiger partial charge is 0.161 e. The summed E-state index contributed by atoms with van der Waals surface area (Å²) in [5.74, 6) is 1.92. The fraction of sp³-hybridized carbons (Fsp3) is 0.750. The van der Waals surface area contributed by atoms with Gasteiger partial charge in [0.1, 0.15) is 0 Å². The predicted octanol–water partition coefficient (Wildman–Crippen LogP) is 5.12. The molecule has 2 fully saturated rings.